The van der Waals surface area contributed by atoms with Gasteiger partial charge in [-0.05, 0) is 52.0 Å². The molecule has 1 aromatic heterocycles. The molecule has 0 radical (unpaired) electrons. The van der Waals surface area contributed by atoms with Gasteiger partial charge in [-0.1, -0.05) is 11.8 Å². The van der Waals surface area contributed by atoms with E-state index in [0.29, 0.717) is 5.75 Å². The Kier molecular flexibility index (Phi) is 6.66. The zero-order valence-corrected chi connectivity index (χ0v) is 15.5. The number of aromatic nitrogens is 3. The van der Waals surface area contributed by atoms with Crippen molar-refractivity contribution >= 4 is 29.0 Å². The van der Waals surface area contributed by atoms with Crippen molar-refractivity contribution in [1.82, 2.24) is 14.8 Å². The topological polar surface area (TPSA) is 63.1 Å². The summed E-state index contributed by atoms with van der Waals surface area (Å²) in [7, 11) is 0. The smallest absolute Gasteiger partial charge is 0.234 e. The molecule has 2 aromatic rings. The number of amides is 1. The summed E-state index contributed by atoms with van der Waals surface area (Å²) in [5.74, 6) is 0.261. The number of hydrogen-bond acceptors (Lipinski definition) is 5. The molecule has 0 saturated carbocycles. The first-order chi connectivity index (χ1) is 11.5. The van der Waals surface area contributed by atoms with Gasteiger partial charge in [0.1, 0.15) is 6.33 Å². The van der Waals surface area contributed by atoms with Gasteiger partial charge in [-0.3, -0.25) is 4.79 Å². The fourth-order valence-corrected chi connectivity index (χ4v) is 3.21. The Morgan fingerprint density at radius 1 is 1.25 bits per heavy atom. The molecule has 0 fully saturated rings. The molecule has 0 unspecified atom stereocenters. The molecule has 7 heteroatoms. The Morgan fingerprint density at radius 3 is 2.50 bits per heavy atom. The minimum Gasteiger partial charge on any atom is -0.372 e. The van der Waals surface area contributed by atoms with Crippen molar-refractivity contribution in [1.29, 1.82) is 0 Å². The third kappa shape index (κ3) is 4.74. The molecule has 0 aliphatic carbocycles. The quantitative estimate of drug-likeness (QED) is 0.741. The van der Waals surface area contributed by atoms with Crippen LogP contribution in [-0.4, -0.2) is 39.5 Å². The second-order valence-corrected chi connectivity index (χ2v) is 6.61. The monoisotopic (exact) mass is 347 g/mol. The molecule has 1 heterocycles. The molecule has 2 rings (SSSR count). The highest BCUT2D eigenvalue weighted by molar-refractivity contribution is 7.99. The number of nitrogens with zero attached hydrogens (tertiary/aromatic N) is 4. The molecule has 0 atom stereocenters. The first kappa shape index (κ1) is 18.3. The summed E-state index contributed by atoms with van der Waals surface area (Å²) < 4.78 is 1.96. The van der Waals surface area contributed by atoms with Crippen molar-refractivity contribution in [3.63, 3.8) is 0 Å². The average Bonchev–Trinajstić information content (AvgIpc) is 3.04. The third-order valence-corrected chi connectivity index (χ3v) is 4.67. The van der Waals surface area contributed by atoms with Crippen LogP contribution in [0.2, 0.25) is 0 Å². The van der Waals surface area contributed by atoms with E-state index in [-0.39, 0.29) is 11.9 Å². The summed E-state index contributed by atoms with van der Waals surface area (Å²) in [5, 5.41) is 11.6. The van der Waals surface area contributed by atoms with Crippen LogP contribution < -0.4 is 10.2 Å². The Morgan fingerprint density at radius 2 is 1.92 bits per heavy atom. The summed E-state index contributed by atoms with van der Waals surface area (Å²) in [6, 6.07) is 8.22. The lowest BCUT2D eigenvalue weighted by atomic mass is 10.2. The van der Waals surface area contributed by atoms with Gasteiger partial charge >= 0.3 is 0 Å². The second-order valence-electron chi connectivity index (χ2n) is 5.67. The summed E-state index contributed by atoms with van der Waals surface area (Å²) in [4.78, 5) is 14.4. The van der Waals surface area contributed by atoms with Gasteiger partial charge in [0.2, 0.25) is 5.91 Å². The maximum Gasteiger partial charge on any atom is 0.234 e. The number of carbonyl (C=O) groups excluding carboxylic acids is 1. The van der Waals surface area contributed by atoms with E-state index in [1.165, 1.54) is 11.8 Å². The first-order valence-electron chi connectivity index (χ1n) is 8.22. The Balaban J connectivity index is 1.89. The maximum absolute atomic E-state index is 12.1. The number of benzene rings is 1. The fraction of sp³-hybridized carbons (Fsp3) is 0.471. The molecule has 0 saturated heterocycles. The molecule has 6 nitrogen and oxygen atoms in total. The number of nitrogens with one attached hydrogen (secondary N) is 1. The van der Waals surface area contributed by atoms with Gasteiger partial charge in [0.15, 0.2) is 5.16 Å². The molecular formula is C17H25N5OS. The number of carbonyl (C=O) groups is 1. The highest BCUT2D eigenvalue weighted by Crippen LogP contribution is 2.20. The molecule has 0 aliphatic rings. The zero-order chi connectivity index (χ0) is 17.5. The minimum absolute atomic E-state index is 0.0473. The zero-order valence-electron chi connectivity index (χ0n) is 14.7. The van der Waals surface area contributed by atoms with E-state index in [0.717, 1.165) is 29.6 Å². The van der Waals surface area contributed by atoms with Gasteiger partial charge in [-0.25, -0.2) is 0 Å². The van der Waals surface area contributed by atoms with Crippen LogP contribution in [0, 0.1) is 0 Å². The molecule has 0 bridgehead atoms. The number of anilines is 2. The van der Waals surface area contributed by atoms with Crippen molar-refractivity contribution in [2.24, 2.45) is 0 Å². The lowest BCUT2D eigenvalue weighted by Gasteiger charge is -2.21. The lowest BCUT2D eigenvalue weighted by molar-refractivity contribution is -0.113. The van der Waals surface area contributed by atoms with Crippen molar-refractivity contribution < 1.29 is 4.79 Å². The molecule has 1 aromatic carbocycles. The average molecular weight is 347 g/mol. The SMILES string of the molecule is CCN(CC)c1ccc(NC(=O)CSc2nncn2C(C)C)cc1. The molecule has 0 aliphatic heterocycles. The number of thioether (sulfide) groups is 1. The summed E-state index contributed by atoms with van der Waals surface area (Å²) in [6.07, 6.45) is 1.69. The van der Waals surface area contributed by atoms with Crippen molar-refractivity contribution in [2.75, 3.05) is 29.1 Å². The molecule has 0 spiro atoms. The second kappa shape index (κ2) is 8.73. The Hall–Kier alpha value is -2.02. The standard InChI is InChI=1S/C17H25N5OS/c1-5-21(6-2)15-9-7-14(8-10-15)19-16(23)11-24-17-20-18-12-22(17)13(3)4/h7-10,12-13H,5-6,11H2,1-4H3,(H,19,23). The van der Waals surface area contributed by atoms with E-state index in [1.54, 1.807) is 6.33 Å². The number of rotatable bonds is 8. The highest BCUT2D eigenvalue weighted by atomic mass is 32.2. The molecule has 130 valence electrons. The largest absolute Gasteiger partial charge is 0.372 e. The predicted octanol–water partition coefficient (Wildman–Crippen LogP) is 3.44. The van der Waals surface area contributed by atoms with Crippen LogP contribution in [0.4, 0.5) is 11.4 Å². The van der Waals surface area contributed by atoms with Crippen molar-refractivity contribution in [2.45, 2.75) is 38.9 Å². The lowest BCUT2D eigenvalue weighted by Crippen LogP contribution is -2.21. The van der Waals surface area contributed by atoms with Crippen LogP contribution in [0.25, 0.3) is 0 Å². The summed E-state index contributed by atoms with van der Waals surface area (Å²) >= 11 is 1.39. The van der Waals surface area contributed by atoms with E-state index in [2.05, 4.69) is 48.1 Å². The highest BCUT2D eigenvalue weighted by Gasteiger charge is 2.11. The van der Waals surface area contributed by atoms with Crippen molar-refractivity contribution in [3.05, 3.63) is 30.6 Å². The maximum atomic E-state index is 12.1. The van der Waals surface area contributed by atoms with Gasteiger partial charge in [0.05, 0.1) is 5.75 Å². The van der Waals surface area contributed by atoms with Crippen LogP contribution in [0.1, 0.15) is 33.7 Å². The fourth-order valence-electron chi connectivity index (χ4n) is 2.36. The van der Waals surface area contributed by atoms with Gasteiger partial charge < -0.3 is 14.8 Å². The van der Waals surface area contributed by atoms with Crippen molar-refractivity contribution in [3.8, 4) is 0 Å². The number of hydrogen-bond donors (Lipinski definition) is 1. The van der Waals surface area contributed by atoms with Crippen LogP contribution in [0.5, 0.6) is 0 Å². The molecule has 1 N–H and O–H groups in total. The van der Waals surface area contributed by atoms with E-state index in [4.69, 9.17) is 0 Å². The molecule has 24 heavy (non-hydrogen) atoms. The molecule has 1 amide bonds. The molecular weight excluding hydrogens is 322 g/mol. The predicted molar refractivity (Wildman–Crippen MR) is 99.8 cm³/mol. The van der Waals surface area contributed by atoms with Crippen LogP contribution in [0.15, 0.2) is 35.7 Å². The van der Waals surface area contributed by atoms with Crippen LogP contribution in [-0.2, 0) is 4.79 Å². The van der Waals surface area contributed by atoms with E-state index >= 15 is 0 Å². The van der Waals surface area contributed by atoms with Crippen LogP contribution in [0.3, 0.4) is 0 Å². The Bertz CT molecular complexity index is 649. The van der Waals surface area contributed by atoms with E-state index in [9.17, 15) is 4.79 Å². The summed E-state index contributed by atoms with van der Waals surface area (Å²) in [6.45, 7) is 10.3. The van der Waals surface area contributed by atoms with Crippen LogP contribution >= 0.6 is 11.8 Å². The summed E-state index contributed by atoms with van der Waals surface area (Å²) in [5.41, 5.74) is 1.97. The van der Waals surface area contributed by atoms with Gasteiger partial charge in [0.25, 0.3) is 0 Å². The van der Waals surface area contributed by atoms with E-state index in [1.807, 2.05) is 28.8 Å². The van der Waals surface area contributed by atoms with Gasteiger partial charge in [-0.2, -0.15) is 0 Å². The minimum atomic E-state index is -0.0473. The third-order valence-electron chi connectivity index (χ3n) is 3.71. The first-order valence-corrected chi connectivity index (χ1v) is 9.20. The Labute approximate surface area is 147 Å². The van der Waals surface area contributed by atoms with E-state index < -0.39 is 0 Å². The van der Waals surface area contributed by atoms with Gasteiger partial charge in [0, 0.05) is 30.5 Å². The van der Waals surface area contributed by atoms with Gasteiger partial charge in [-0.15, -0.1) is 10.2 Å². The normalized spacial score (nSPS) is 10.9.